The summed E-state index contributed by atoms with van der Waals surface area (Å²) >= 11 is 0. The minimum Gasteiger partial charge on any atom is -0.379 e. The van der Waals surface area contributed by atoms with Crippen molar-refractivity contribution in [3.05, 3.63) is 0 Å². The lowest BCUT2D eigenvalue weighted by Gasteiger charge is -2.06. The molecule has 0 aliphatic carbocycles. The molecule has 10 heavy (non-hydrogen) atoms. The van der Waals surface area contributed by atoms with Crippen LogP contribution in [0.5, 0.6) is 0 Å². The van der Waals surface area contributed by atoms with Crippen LogP contribution in [0.2, 0.25) is 0 Å². The summed E-state index contributed by atoms with van der Waals surface area (Å²) in [4.78, 5) is 10.3. The first-order valence-corrected chi connectivity index (χ1v) is 3.31. The van der Waals surface area contributed by atoms with Gasteiger partial charge in [0.2, 0.25) is 5.91 Å². The van der Waals surface area contributed by atoms with Crippen LogP contribution in [0.25, 0.3) is 0 Å². The Bertz CT molecular complexity index is 106. The van der Waals surface area contributed by atoms with E-state index in [2.05, 4.69) is 0 Å². The van der Waals surface area contributed by atoms with Crippen LogP contribution >= 0.6 is 0 Å². The molecule has 0 saturated heterocycles. The van der Waals surface area contributed by atoms with Gasteiger partial charge in [0, 0.05) is 6.61 Å². The van der Waals surface area contributed by atoms with Gasteiger partial charge in [-0.1, -0.05) is 6.92 Å². The number of amides is 1. The van der Waals surface area contributed by atoms with Crippen LogP contribution in [0.4, 0.5) is 0 Å². The van der Waals surface area contributed by atoms with E-state index in [1.165, 1.54) is 0 Å². The number of ether oxygens (including phenoxy) is 1. The molecular weight excluding hydrogens is 132 g/mol. The number of carbonyl (C=O) groups excluding carboxylic acids is 1. The lowest BCUT2D eigenvalue weighted by atomic mass is 10.3. The van der Waals surface area contributed by atoms with Gasteiger partial charge in [-0.2, -0.15) is 0 Å². The largest absolute Gasteiger partial charge is 0.379 e. The Morgan fingerprint density at radius 2 is 2.30 bits per heavy atom. The monoisotopic (exact) mass is 146 g/mol. The normalized spacial score (nSPS) is 13.0. The summed E-state index contributed by atoms with van der Waals surface area (Å²) in [6, 6.07) is -0.661. The molecule has 0 rings (SSSR count). The van der Waals surface area contributed by atoms with E-state index < -0.39 is 11.9 Å². The highest BCUT2D eigenvalue weighted by molar-refractivity contribution is 5.79. The van der Waals surface area contributed by atoms with Gasteiger partial charge in [-0.15, -0.1) is 0 Å². The van der Waals surface area contributed by atoms with Crippen molar-refractivity contribution in [3.8, 4) is 0 Å². The van der Waals surface area contributed by atoms with Crippen molar-refractivity contribution in [1.29, 1.82) is 0 Å². The molecule has 0 radical (unpaired) electrons. The van der Waals surface area contributed by atoms with E-state index in [0.29, 0.717) is 6.61 Å². The van der Waals surface area contributed by atoms with E-state index in [0.717, 1.165) is 6.42 Å². The molecule has 4 heteroatoms. The molecule has 1 unspecified atom stereocenters. The second kappa shape index (κ2) is 5.20. The molecule has 60 valence electrons. The molecule has 4 nitrogen and oxygen atoms in total. The molecule has 0 spiro atoms. The molecule has 0 aliphatic rings. The summed E-state index contributed by atoms with van der Waals surface area (Å²) < 4.78 is 4.98. The fourth-order valence-corrected chi connectivity index (χ4v) is 0.437. The van der Waals surface area contributed by atoms with Gasteiger partial charge < -0.3 is 16.2 Å². The molecule has 0 fully saturated rings. The SMILES string of the molecule is CCCOCC(N)C(N)=O. The Morgan fingerprint density at radius 3 is 2.70 bits per heavy atom. The third-order valence-electron chi connectivity index (χ3n) is 1.01. The Labute approximate surface area is 60.5 Å². The lowest BCUT2D eigenvalue weighted by Crippen LogP contribution is -2.40. The molecule has 0 saturated carbocycles. The zero-order valence-electron chi connectivity index (χ0n) is 6.17. The fraction of sp³-hybridized carbons (Fsp3) is 0.833. The highest BCUT2D eigenvalue weighted by Gasteiger charge is 2.07. The van der Waals surface area contributed by atoms with E-state index in [1.54, 1.807) is 0 Å². The van der Waals surface area contributed by atoms with Gasteiger partial charge in [-0.25, -0.2) is 0 Å². The first-order chi connectivity index (χ1) is 4.68. The average molecular weight is 146 g/mol. The van der Waals surface area contributed by atoms with Crippen LogP contribution in [0, 0.1) is 0 Å². The molecular formula is C6H14N2O2. The van der Waals surface area contributed by atoms with Gasteiger partial charge in [-0.3, -0.25) is 4.79 Å². The lowest BCUT2D eigenvalue weighted by molar-refractivity contribution is -0.120. The predicted octanol–water partition coefficient (Wildman–Crippen LogP) is -0.774. The van der Waals surface area contributed by atoms with Gasteiger partial charge in [0.15, 0.2) is 0 Å². The third-order valence-corrected chi connectivity index (χ3v) is 1.01. The highest BCUT2D eigenvalue weighted by Crippen LogP contribution is 1.82. The van der Waals surface area contributed by atoms with Gasteiger partial charge in [0.1, 0.15) is 6.04 Å². The minimum atomic E-state index is -0.661. The second-order valence-electron chi connectivity index (χ2n) is 2.08. The Morgan fingerprint density at radius 1 is 1.70 bits per heavy atom. The van der Waals surface area contributed by atoms with Crippen molar-refractivity contribution in [1.82, 2.24) is 0 Å². The van der Waals surface area contributed by atoms with Crippen molar-refractivity contribution in [2.45, 2.75) is 19.4 Å². The zero-order chi connectivity index (χ0) is 7.98. The van der Waals surface area contributed by atoms with Crippen LogP contribution in [0.15, 0.2) is 0 Å². The maximum atomic E-state index is 10.3. The van der Waals surface area contributed by atoms with Crippen LogP contribution in [-0.4, -0.2) is 25.2 Å². The van der Waals surface area contributed by atoms with Crippen LogP contribution in [0.3, 0.4) is 0 Å². The zero-order valence-corrected chi connectivity index (χ0v) is 6.17. The number of hydrogen-bond donors (Lipinski definition) is 2. The third kappa shape index (κ3) is 4.29. The maximum Gasteiger partial charge on any atom is 0.236 e. The Kier molecular flexibility index (Phi) is 4.88. The second-order valence-corrected chi connectivity index (χ2v) is 2.08. The first-order valence-electron chi connectivity index (χ1n) is 3.31. The predicted molar refractivity (Wildman–Crippen MR) is 38.3 cm³/mol. The highest BCUT2D eigenvalue weighted by atomic mass is 16.5. The maximum absolute atomic E-state index is 10.3. The van der Waals surface area contributed by atoms with Crippen molar-refractivity contribution < 1.29 is 9.53 Å². The molecule has 0 aliphatic heterocycles. The van der Waals surface area contributed by atoms with Gasteiger partial charge in [-0.05, 0) is 6.42 Å². The summed E-state index contributed by atoms with van der Waals surface area (Å²) in [5.74, 6) is -0.517. The van der Waals surface area contributed by atoms with Crippen LogP contribution in [-0.2, 0) is 9.53 Å². The summed E-state index contributed by atoms with van der Waals surface area (Å²) in [6.07, 6.45) is 0.922. The topological polar surface area (TPSA) is 78.3 Å². The van der Waals surface area contributed by atoms with E-state index in [1.807, 2.05) is 6.92 Å². The van der Waals surface area contributed by atoms with Gasteiger partial charge in [0.05, 0.1) is 6.61 Å². The molecule has 4 N–H and O–H groups in total. The van der Waals surface area contributed by atoms with E-state index in [9.17, 15) is 4.79 Å². The summed E-state index contributed by atoms with van der Waals surface area (Å²) in [6.45, 7) is 2.83. The molecule has 1 atom stereocenters. The van der Waals surface area contributed by atoms with Crippen molar-refractivity contribution in [3.63, 3.8) is 0 Å². The average Bonchev–Trinajstić information content (AvgIpc) is 1.88. The summed E-state index contributed by atoms with van der Waals surface area (Å²) in [5.41, 5.74) is 10.1. The number of rotatable bonds is 5. The smallest absolute Gasteiger partial charge is 0.236 e. The molecule has 1 amide bonds. The molecule has 0 bridgehead atoms. The summed E-state index contributed by atoms with van der Waals surface area (Å²) in [5, 5.41) is 0. The van der Waals surface area contributed by atoms with E-state index >= 15 is 0 Å². The Hall–Kier alpha value is -0.610. The minimum absolute atomic E-state index is 0.225. The molecule has 0 aromatic heterocycles. The van der Waals surface area contributed by atoms with Crippen molar-refractivity contribution in [2.75, 3.05) is 13.2 Å². The van der Waals surface area contributed by atoms with Crippen LogP contribution < -0.4 is 11.5 Å². The standard InChI is InChI=1S/C6H14N2O2/c1-2-3-10-4-5(7)6(8)9/h5H,2-4,7H2,1H3,(H2,8,9). The quantitative estimate of drug-likeness (QED) is 0.500. The number of carbonyl (C=O) groups is 1. The molecule has 0 aromatic carbocycles. The van der Waals surface area contributed by atoms with Crippen LogP contribution in [0.1, 0.15) is 13.3 Å². The van der Waals surface area contributed by atoms with Crippen molar-refractivity contribution in [2.24, 2.45) is 11.5 Å². The number of primary amides is 1. The van der Waals surface area contributed by atoms with Crippen molar-refractivity contribution >= 4 is 5.91 Å². The van der Waals surface area contributed by atoms with Gasteiger partial charge >= 0.3 is 0 Å². The van der Waals surface area contributed by atoms with E-state index in [4.69, 9.17) is 16.2 Å². The molecule has 0 aromatic rings. The molecule has 0 heterocycles. The summed E-state index contributed by atoms with van der Waals surface area (Å²) in [7, 11) is 0. The van der Waals surface area contributed by atoms with Gasteiger partial charge in [0.25, 0.3) is 0 Å². The first kappa shape index (κ1) is 9.39. The fourth-order valence-electron chi connectivity index (χ4n) is 0.437. The number of nitrogens with two attached hydrogens (primary N) is 2. The Balaban J connectivity index is 3.21. The number of hydrogen-bond acceptors (Lipinski definition) is 3. The van der Waals surface area contributed by atoms with E-state index in [-0.39, 0.29) is 6.61 Å².